The number of ether oxygens (including phenoxy) is 1. The predicted octanol–water partition coefficient (Wildman–Crippen LogP) is 7.67. The van der Waals surface area contributed by atoms with Crippen LogP contribution in [0.4, 0.5) is 31.0 Å². The summed E-state index contributed by atoms with van der Waals surface area (Å²) in [5.74, 6) is -0.376. The van der Waals surface area contributed by atoms with Crippen molar-refractivity contribution >= 4 is 52.1 Å². The number of hydrogen-bond acceptors (Lipinski definition) is 7. The predicted molar refractivity (Wildman–Crippen MR) is 204 cm³/mol. The number of alkyl carbamates (subject to hydrolysis) is 1. The normalized spacial score (nSPS) is 16.8. The molecule has 1 aliphatic rings. The molecule has 2 aromatic heterocycles. The van der Waals surface area contributed by atoms with E-state index in [1.165, 1.54) is 18.2 Å². The Hall–Kier alpha value is -4.88. The number of aliphatic imine (C=N–C) groups is 1. The summed E-state index contributed by atoms with van der Waals surface area (Å²) in [6.07, 6.45) is 6.58. The molecule has 7 N–H and O–H groups in total. The molecule has 1 saturated carbocycles. The van der Waals surface area contributed by atoms with Gasteiger partial charge in [0, 0.05) is 42.1 Å². The van der Waals surface area contributed by atoms with Crippen LogP contribution in [0.5, 0.6) is 0 Å². The molecule has 0 saturated heterocycles. The quantitative estimate of drug-likeness (QED) is 0.0718. The van der Waals surface area contributed by atoms with Crippen LogP contribution in [0.25, 0.3) is 16.6 Å². The van der Waals surface area contributed by atoms with Crippen LogP contribution in [0.2, 0.25) is 5.02 Å². The Morgan fingerprint density at radius 3 is 2.46 bits per heavy atom. The summed E-state index contributed by atoms with van der Waals surface area (Å²) in [6, 6.07) is 11.3. The molecule has 1 aliphatic carbocycles. The summed E-state index contributed by atoms with van der Waals surface area (Å²) >= 11 is 6.33. The van der Waals surface area contributed by atoms with Gasteiger partial charge in [0.1, 0.15) is 17.3 Å². The monoisotopic (exact) mass is 734 g/mol. The molecule has 52 heavy (non-hydrogen) atoms. The number of nitrogens with two attached hydrogens (primary N) is 1. The number of aryl methyl sites for hydroxylation is 1. The first-order valence-electron chi connectivity index (χ1n) is 17.4. The van der Waals surface area contributed by atoms with Gasteiger partial charge in [0.15, 0.2) is 0 Å². The SMILES string of the molecule is Cc1cc(NC(=O)NCCC(C)(C)O)ccc1-c1cc2c(N[C@H]3CC[C@H](NC(=O)OC(C)(C)C)CC3)c(C(N)=Nc3cc(F)ccc3Cl)cnn2c1. The number of nitrogens with one attached hydrogen (secondary N) is 4. The zero-order valence-corrected chi connectivity index (χ0v) is 31.2. The number of aliphatic hydroxyl groups is 1. The van der Waals surface area contributed by atoms with Crippen LogP contribution < -0.4 is 27.0 Å². The van der Waals surface area contributed by atoms with Gasteiger partial charge in [0.25, 0.3) is 0 Å². The van der Waals surface area contributed by atoms with Gasteiger partial charge in [-0.25, -0.2) is 23.5 Å². The van der Waals surface area contributed by atoms with Gasteiger partial charge in [0.05, 0.1) is 39.3 Å². The van der Waals surface area contributed by atoms with E-state index < -0.39 is 23.1 Å². The standard InChI is InChI=1S/C38H48ClFN8O4/c1-22-17-27(45-35(49)42-16-15-38(5,6)51)12-13-28(22)23-18-32-33(44-25-8-10-26(11-9-25)46-36(50)52-37(2,3)4)29(20-43-48(32)21-23)34(41)47-31-19-24(40)7-14-30(31)39/h7,12-14,17-21,25-26,44,51H,8-11,15-16H2,1-6H3,(H2,41,47)(H,46,50)(H2,42,45,49)/t25-,26-. The molecule has 2 heterocycles. The number of halogens is 2. The first kappa shape index (κ1) is 38.4. The molecule has 5 rings (SSSR count). The molecule has 12 nitrogen and oxygen atoms in total. The lowest BCUT2D eigenvalue weighted by Crippen LogP contribution is -2.42. The van der Waals surface area contributed by atoms with Gasteiger partial charge in [-0.3, -0.25) is 0 Å². The average molecular weight is 735 g/mol. The van der Waals surface area contributed by atoms with E-state index in [9.17, 15) is 19.1 Å². The van der Waals surface area contributed by atoms with Gasteiger partial charge < -0.3 is 36.8 Å². The number of anilines is 2. The van der Waals surface area contributed by atoms with Gasteiger partial charge in [-0.05, 0) is 115 Å². The van der Waals surface area contributed by atoms with E-state index in [1.807, 2.05) is 58.2 Å². The maximum absolute atomic E-state index is 14.1. The minimum atomic E-state index is -0.870. The number of fused-ring (bicyclic) bond motifs is 1. The van der Waals surface area contributed by atoms with Crippen molar-refractivity contribution < 1.29 is 23.8 Å². The smallest absolute Gasteiger partial charge is 0.407 e. The lowest BCUT2D eigenvalue weighted by molar-refractivity contribution is 0.0491. The van der Waals surface area contributed by atoms with E-state index in [-0.39, 0.29) is 34.7 Å². The van der Waals surface area contributed by atoms with E-state index in [0.717, 1.165) is 47.9 Å². The molecule has 1 fully saturated rings. The number of amides is 3. The largest absolute Gasteiger partial charge is 0.444 e. The molecule has 0 bridgehead atoms. The third kappa shape index (κ3) is 10.3. The Kier molecular flexibility index (Phi) is 11.6. The number of rotatable bonds is 10. The zero-order chi connectivity index (χ0) is 37.8. The van der Waals surface area contributed by atoms with Gasteiger partial charge in [-0.1, -0.05) is 17.7 Å². The third-order valence-electron chi connectivity index (χ3n) is 8.68. The molecule has 0 spiro atoms. The van der Waals surface area contributed by atoms with Gasteiger partial charge in [0.2, 0.25) is 0 Å². The molecular formula is C38H48ClFN8O4. The molecule has 4 aromatic rings. The summed E-state index contributed by atoms with van der Waals surface area (Å²) in [5.41, 5.74) is 10.7. The van der Waals surface area contributed by atoms with Gasteiger partial charge >= 0.3 is 12.1 Å². The fourth-order valence-electron chi connectivity index (χ4n) is 6.09. The van der Waals surface area contributed by atoms with Crippen molar-refractivity contribution in [3.63, 3.8) is 0 Å². The first-order chi connectivity index (χ1) is 24.4. The topological polar surface area (TPSA) is 167 Å². The lowest BCUT2D eigenvalue weighted by atomic mass is 9.91. The number of hydrogen-bond donors (Lipinski definition) is 6. The number of amidine groups is 1. The summed E-state index contributed by atoms with van der Waals surface area (Å²) in [7, 11) is 0. The fourth-order valence-corrected chi connectivity index (χ4v) is 6.25. The molecular weight excluding hydrogens is 687 g/mol. The minimum Gasteiger partial charge on any atom is -0.444 e. The third-order valence-corrected chi connectivity index (χ3v) is 9.00. The van der Waals surface area contributed by atoms with E-state index in [0.29, 0.717) is 29.9 Å². The van der Waals surface area contributed by atoms with Gasteiger partial charge in [-0.2, -0.15) is 5.10 Å². The Morgan fingerprint density at radius 2 is 1.79 bits per heavy atom. The number of benzene rings is 2. The van der Waals surface area contributed by atoms with Crippen LogP contribution in [0.1, 0.15) is 77.8 Å². The first-order valence-corrected chi connectivity index (χ1v) is 17.8. The van der Waals surface area contributed by atoms with Crippen LogP contribution in [0.15, 0.2) is 59.9 Å². The Balaban J connectivity index is 1.41. The van der Waals surface area contributed by atoms with E-state index in [1.54, 1.807) is 24.6 Å². The highest BCUT2D eigenvalue weighted by atomic mass is 35.5. The van der Waals surface area contributed by atoms with Crippen LogP contribution >= 0.6 is 11.6 Å². The van der Waals surface area contributed by atoms with Crippen molar-refractivity contribution in [2.75, 3.05) is 17.2 Å². The van der Waals surface area contributed by atoms with Crippen molar-refractivity contribution in [1.82, 2.24) is 20.2 Å². The molecule has 3 amide bonds. The average Bonchev–Trinajstić information content (AvgIpc) is 3.47. The maximum atomic E-state index is 14.1. The highest BCUT2D eigenvalue weighted by Gasteiger charge is 2.27. The molecule has 14 heteroatoms. The van der Waals surface area contributed by atoms with Crippen LogP contribution in [-0.2, 0) is 4.74 Å². The number of nitrogens with zero attached hydrogens (tertiary/aromatic N) is 3. The number of urea groups is 1. The molecule has 0 aliphatic heterocycles. The lowest BCUT2D eigenvalue weighted by Gasteiger charge is -2.31. The Morgan fingerprint density at radius 1 is 1.08 bits per heavy atom. The summed E-state index contributed by atoms with van der Waals surface area (Å²) in [6.45, 7) is 11.2. The van der Waals surface area contributed by atoms with E-state index >= 15 is 0 Å². The maximum Gasteiger partial charge on any atom is 0.407 e. The van der Waals surface area contributed by atoms with E-state index in [2.05, 4.69) is 31.4 Å². The van der Waals surface area contributed by atoms with Crippen LogP contribution in [-0.4, -0.2) is 62.5 Å². The second-order valence-corrected chi connectivity index (χ2v) is 15.3. The van der Waals surface area contributed by atoms with Crippen molar-refractivity contribution in [2.45, 2.75) is 96.9 Å². The fraction of sp³-hybridized carbons (Fsp3) is 0.421. The molecule has 0 radical (unpaired) electrons. The molecule has 0 atom stereocenters. The van der Waals surface area contributed by atoms with Crippen molar-refractivity contribution in [3.05, 3.63) is 76.8 Å². The molecule has 0 unspecified atom stereocenters. The van der Waals surface area contributed by atoms with Gasteiger partial charge in [-0.15, -0.1) is 0 Å². The van der Waals surface area contributed by atoms with Crippen molar-refractivity contribution in [1.29, 1.82) is 0 Å². The van der Waals surface area contributed by atoms with Crippen LogP contribution in [0.3, 0.4) is 0 Å². The summed E-state index contributed by atoms with van der Waals surface area (Å²) < 4.78 is 21.3. The summed E-state index contributed by atoms with van der Waals surface area (Å²) in [5, 5.41) is 27.1. The molecule has 2 aromatic carbocycles. The van der Waals surface area contributed by atoms with Crippen LogP contribution in [0, 0.1) is 12.7 Å². The Bertz CT molecular complexity index is 1960. The Labute approximate surface area is 308 Å². The highest BCUT2D eigenvalue weighted by molar-refractivity contribution is 6.33. The van der Waals surface area contributed by atoms with Crippen molar-refractivity contribution in [2.24, 2.45) is 10.7 Å². The molecule has 278 valence electrons. The minimum absolute atomic E-state index is 0.00863. The van der Waals surface area contributed by atoms with E-state index in [4.69, 9.17) is 22.1 Å². The number of carbonyl (C=O) groups is 2. The second kappa shape index (κ2) is 15.8. The zero-order valence-electron chi connectivity index (χ0n) is 30.4. The number of aromatic nitrogens is 2. The number of carbonyl (C=O) groups excluding carboxylic acids is 2. The summed E-state index contributed by atoms with van der Waals surface area (Å²) in [4.78, 5) is 29.3. The highest BCUT2D eigenvalue weighted by Crippen LogP contribution is 2.34. The second-order valence-electron chi connectivity index (χ2n) is 14.9. The van der Waals surface area contributed by atoms with Crippen molar-refractivity contribution in [3.8, 4) is 11.1 Å².